The minimum absolute atomic E-state index is 0.107. The predicted octanol–water partition coefficient (Wildman–Crippen LogP) is 2.31. The average molecular weight is 496 g/mol. The highest BCUT2D eigenvalue weighted by atomic mass is 16.5. The molecule has 8 heteroatoms. The second kappa shape index (κ2) is 11.3. The highest BCUT2D eigenvalue weighted by Gasteiger charge is 2.34. The zero-order valence-electron chi connectivity index (χ0n) is 21.7. The second-order valence-electron chi connectivity index (χ2n) is 9.53. The van der Waals surface area contributed by atoms with Crippen molar-refractivity contribution in [2.75, 3.05) is 47.9 Å². The largest absolute Gasteiger partial charge is 0.493 e. The maximum atomic E-state index is 13.0. The lowest BCUT2D eigenvalue weighted by molar-refractivity contribution is -0.130. The summed E-state index contributed by atoms with van der Waals surface area (Å²) in [6.07, 6.45) is 2.84. The highest BCUT2D eigenvalue weighted by molar-refractivity contribution is 5.92. The summed E-state index contributed by atoms with van der Waals surface area (Å²) >= 11 is 0. The maximum Gasteiger partial charge on any atom is 0.227 e. The molecule has 8 nitrogen and oxygen atoms in total. The van der Waals surface area contributed by atoms with Gasteiger partial charge in [0.2, 0.25) is 5.91 Å². The van der Waals surface area contributed by atoms with E-state index in [0.717, 1.165) is 59.8 Å². The van der Waals surface area contributed by atoms with Crippen LogP contribution < -0.4 is 9.47 Å². The van der Waals surface area contributed by atoms with Gasteiger partial charge in [-0.05, 0) is 64.8 Å². The fourth-order valence-corrected chi connectivity index (χ4v) is 5.45. The molecular weight excluding hydrogens is 458 g/mol. The molecule has 4 rings (SSSR count). The summed E-state index contributed by atoms with van der Waals surface area (Å²) in [5.41, 5.74) is 5.95. The number of hydrogen-bond donors (Lipinski definition) is 2. The Hall–Kier alpha value is -3.10. The van der Waals surface area contributed by atoms with Crippen LogP contribution in [0.5, 0.6) is 11.5 Å². The molecule has 0 spiro atoms. The second-order valence-corrected chi connectivity index (χ2v) is 9.53. The number of benzene rings is 2. The Morgan fingerprint density at radius 2 is 1.72 bits per heavy atom. The zero-order chi connectivity index (χ0) is 25.8. The Kier molecular flexibility index (Phi) is 8.16. The number of fused-ring (bicyclic) bond motifs is 2. The number of carbonyl (C=O) groups excluding carboxylic acids is 1. The van der Waals surface area contributed by atoms with E-state index in [-0.39, 0.29) is 25.0 Å². The number of amides is 1. The van der Waals surface area contributed by atoms with E-state index in [2.05, 4.69) is 23.0 Å². The molecule has 0 aromatic heterocycles. The molecule has 1 aliphatic heterocycles. The lowest BCUT2D eigenvalue weighted by Gasteiger charge is -2.36. The van der Waals surface area contributed by atoms with Crippen molar-refractivity contribution in [2.24, 2.45) is 4.99 Å². The molecule has 0 bridgehead atoms. The van der Waals surface area contributed by atoms with Gasteiger partial charge in [0, 0.05) is 39.6 Å². The van der Waals surface area contributed by atoms with Crippen molar-refractivity contribution in [2.45, 2.75) is 44.8 Å². The Labute approximate surface area is 213 Å². The van der Waals surface area contributed by atoms with Crippen LogP contribution in [0.1, 0.15) is 45.7 Å². The van der Waals surface area contributed by atoms with Gasteiger partial charge in [0.1, 0.15) is 5.84 Å². The fourth-order valence-electron chi connectivity index (χ4n) is 5.45. The summed E-state index contributed by atoms with van der Waals surface area (Å²) in [5, 5.41) is 19.2. The summed E-state index contributed by atoms with van der Waals surface area (Å²) in [6, 6.07) is 7.92. The van der Waals surface area contributed by atoms with Crippen molar-refractivity contribution in [1.29, 1.82) is 0 Å². The van der Waals surface area contributed by atoms with E-state index in [1.807, 2.05) is 30.1 Å². The number of rotatable bonds is 9. The van der Waals surface area contributed by atoms with Crippen molar-refractivity contribution >= 4 is 11.7 Å². The first-order valence-corrected chi connectivity index (χ1v) is 12.5. The zero-order valence-corrected chi connectivity index (χ0v) is 21.7. The van der Waals surface area contributed by atoms with Gasteiger partial charge in [-0.3, -0.25) is 9.79 Å². The van der Waals surface area contributed by atoms with Crippen LogP contribution in [0, 0.1) is 0 Å². The molecule has 0 radical (unpaired) electrons. The van der Waals surface area contributed by atoms with Crippen LogP contribution in [0.15, 0.2) is 29.3 Å². The Bertz CT molecular complexity index is 1150. The molecule has 194 valence electrons. The molecule has 1 atom stereocenters. The highest BCUT2D eigenvalue weighted by Crippen LogP contribution is 2.43. The molecular formula is C28H37N3O5. The minimum Gasteiger partial charge on any atom is -0.493 e. The first kappa shape index (κ1) is 26.0. The van der Waals surface area contributed by atoms with Crippen LogP contribution in [-0.2, 0) is 37.3 Å². The summed E-state index contributed by atoms with van der Waals surface area (Å²) in [6.45, 7) is 1.89. The summed E-state index contributed by atoms with van der Waals surface area (Å²) in [4.78, 5) is 21.7. The van der Waals surface area contributed by atoms with Gasteiger partial charge in [-0.2, -0.15) is 0 Å². The molecule has 2 aromatic rings. The lowest BCUT2D eigenvalue weighted by atomic mass is 9.76. The maximum absolute atomic E-state index is 13.0. The van der Waals surface area contributed by atoms with Crippen LogP contribution in [0.4, 0.5) is 0 Å². The molecule has 1 unspecified atom stereocenters. The van der Waals surface area contributed by atoms with Crippen LogP contribution in [0.25, 0.3) is 0 Å². The van der Waals surface area contributed by atoms with E-state index in [1.54, 1.807) is 14.2 Å². The summed E-state index contributed by atoms with van der Waals surface area (Å²) in [5.74, 6) is 2.86. The van der Waals surface area contributed by atoms with Crippen molar-refractivity contribution < 1.29 is 24.5 Å². The van der Waals surface area contributed by atoms with Gasteiger partial charge in [0.05, 0.1) is 33.9 Å². The van der Waals surface area contributed by atoms with Crippen LogP contribution in [0.3, 0.4) is 0 Å². The summed E-state index contributed by atoms with van der Waals surface area (Å²) in [7, 11) is 7.20. The molecule has 2 aliphatic rings. The molecule has 1 amide bonds. The van der Waals surface area contributed by atoms with E-state index >= 15 is 0 Å². The number of amidine groups is 1. The number of nitrogens with zero attached hydrogens (tertiary/aromatic N) is 3. The number of ether oxygens (including phenoxy) is 2. The standard InChI is InChI=1S/C28H37N3O5/c1-29-28(24-12-20-13-25(35-3)26(36-4)15-23(20)24)30(2)7-5-8-31-9-6-18-10-21(16-32)22(17-33)11-19(18)14-27(31)34/h10-11,13,15,24,32-33H,5-9,12,14,16-17H2,1-4H3. The SMILES string of the molecule is CN=C(C1Cc2cc(OC)c(OC)cc21)N(C)CCCN1CCc2cc(CO)c(CO)cc2CC1=O. The third-order valence-corrected chi connectivity index (χ3v) is 7.51. The van der Waals surface area contributed by atoms with Crippen LogP contribution >= 0.6 is 0 Å². The lowest BCUT2D eigenvalue weighted by Crippen LogP contribution is -2.39. The smallest absolute Gasteiger partial charge is 0.227 e. The first-order valence-electron chi connectivity index (χ1n) is 12.5. The normalized spacial score (nSPS) is 17.2. The number of aliphatic imine (C=N–C) groups is 1. The van der Waals surface area contributed by atoms with Crippen LogP contribution in [0.2, 0.25) is 0 Å². The minimum atomic E-state index is -0.138. The number of aliphatic hydroxyl groups excluding tert-OH is 2. The van der Waals surface area contributed by atoms with Crippen LogP contribution in [-0.4, -0.2) is 79.7 Å². The quantitative estimate of drug-likeness (QED) is 0.410. The van der Waals surface area contributed by atoms with Crippen molar-refractivity contribution in [3.63, 3.8) is 0 Å². The predicted molar refractivity (Wildman–Crippen MR) is 139 cm³/mol. The number of methoxy groups -OCH3 is 2. The van der Waals surface area contributed by atoms with Gasteiger partial charge in [-0.15, -0.1) is 0 Å². The molecule has 1 aliphatic carbocycles. The van der Waals surface area contributed by atoms with Gasteiger partial charge < -0.3 is 29.5 Å². The van der Waals surface area contributed by atoms with Crippen molar-refractivity contribution in [1.82, 2.24) is 9.80 Å². The molecule has 36 heavy (non-hydrogen) atoms. The molecule has 0 saturated carbocycles. The van der Waals surface area contributed by atoms with E-state index < -0.39 is 0 Å². The van der Waals surface area contributed by atoms with Gasteiger partial charge in [-0.25, -0.2) is 0 Å². The Balaban J connectivity index is 1.35. The number of carbonyl (C=O) groups is 1. The molecule has 0 saturated heterocycles. The monoisotopic (exact) mass is 495 g/mol. The first-order chi connectivity index (χ1) is 17.4. The fraction of sp³-hybridized carbons (Fsp3) is 0.500. The Morgan fingerprint density at radius 1 is 1.06 bits per heavy atom. The Morgan fingerprint density at radius 3 is 2.36 bits per heavy atom. The van der Waals surface area contributed by atoms with Gasteiger partial charge in [0.15, 0.2) is 11.5 Å². The third kappa shape index (κ3) is 5.06. The van der Waals surface area contributed by atoms with Crippen molar-refractivity contribution in [3.05, 3.63) is 57.6 Å². The average Bonchev–Trinajstić information content (AvgIpc) is 3.03. The van der Waals surface area contributed by atoms with E-state index in [0.29, 0.717) is 25.1 Å². The third-order valence-electron chi connectivity index (χ3n) is 7.51. The molecule has 1 heterocycles. The summed E-state index contributed by atoms with van der Waals surface area (Å²) < 4.78 is 10.9. The number of aliphatic hydroxyl groups is 2. The van der Waals surface area contributed by atoms with Gasteiger partial charge >= 0.3 is 0 Å². The van der Waals surface area contributed by atoms with Gasteiger partial charge in [0.25, 0.3) is 0 Å². The van der Waals surface area contributed by atoms with Crippen molar-refractivity contribution in [3.8, 4) is 11.5 Å². The molecule has 2 aromatic carbocycles. The number of hydrogen-bond acceptors (Lipinski definition) is 6. The van der Waals surface area contributed by atoms with E-state index in [1.165, 1.54) is 11.1 Å². The topological polar surface area (TPSA) is 94.8 Å². The van der Waals surface area contributed by atoms with Gasteiger partial charge in [-0.1, -0.05) is 12.1 Å². The molecule has 2 N–H and O–H groups in total. The molecule has 0 fully saturated rings. The van der Waals surface area contributed by atoms with E-state index in [4.69, 9.17) is 9.47 Å². The number of likely N-dealkylation sites (N-methyl/N-ethyl adjacent to an activating group) is 1. The van der Waals surface area contributed by atoms with E-state index in [9.17, 15) is 15.0 Å².